The molecule has 100 valence electrons. The highest BCUT2D eigenvalue weighted by Crippen LogP contribution is 2.18. The summed E-state index contributed by atoms with van der Waals surface area (Å²) in [5.41, 5.74) is 5.97. The van der Waals surface area contributed by atoms with E-state index in [4.69, 9.17) is 4.42 Å². The summed E-state index contributed by atoms with van der Waals surface area (Å²) < 4.78 is 5.50. The molecule has 0 saturated heterocycles. The van der Waals surface area contributed by atoms with Crippen molar-refractivity contribution in [1.29, 1.82) is 0 Å². The van der Waals surface area contributed by atoms with E-state index in [2.05, 4.69) is 15.5 Å². The highest BCUT2D eigenvalue weighted by atomic mass is 16.4. The van der Waals surface area contributed by atoms with Crippen molar-refractivity contribution in [1.82, 2.24) is 4.98 Å². The summed E-state index contributed by atoms with van der Waals surface area (Å²) >= 11 is 0. The number of hydrazone groups is 1. The molecule has 0 radical (unpaired) electrons. The van der Waals surface area contributed by atoms with Gasteiger partial charge in [-0.2, -0.15) is 10.1 Å². The summed E-state index contributed by atoms with van der Waals surface area (Å²) in [4.78, 5) is 4.27. The number of para-hydroxylation sites is 2. The van der Waals surface area contributed by atoms with Crippen molar-refractivity contribution < 1.29 is 9.52 Å². The second kappa shape index (κ2) is 5.05. The van der Waals surface area contributed by atoms with Crippen LogP contribution in [0.3, 0.4) is 0 Å². The van der Waals surface area contributed by atoms with Crippen molar-refractivity contribution >= 4 is 22.8 Å². The number of hydrogen-bond donors (Lipinski definition) is 2. The topological polar surface area (TPSA) is 70.7 Å². The number of nitrogens with zero attached hydrogens (tertiary/aromatic N) is 2. The van der Waals surface area contributed by atoms with Crippen molar-refractivity contribution in [3.05, 3.63) is 54.1 Å². The summed E-state index contributed by atoms with van der Waals surface area (Å²) in [6.45, 7) is 1.86. The van der Waals surface area contributed by atoms with Crippen LogP contribution in [-0.2, 0) is 0 Å². The van der Waals surface area contributed by atoms with Crippen molar-refractivity contribution in [2.75, 3.05) is 5.43 Å². The lowest BCUT2D eigenvalue weighted by Gasteiger charge is -2.00. The fourth-order valence-electron chi connectivity index (χ4n) is 1.82. The number of nitrogens with one attached hydrogen (secondary N) is 1. The summed E-state index contributed by atoms with van der Waals surface area (Å²) in [5.74, 6) is 0.230. The maximum atomic E-state index is 9.25. The zero-order chi connectivity index (χ0) is 13.9. The summed E-state index contributed by atoms with van der Waals surface area (Å²) in [6.07, 6.45) is 0. The fraction of sp³-hybridized carbons (Fsp3) is 0.0667. The first-order chi connectivity index (χ1) is 9.72. The molecule has 0 unspecified atom stereocenters. The molecule has 0 atom stereocenters. The molecule has 0 spiro atoms. The van der Waals surface area contributed by atoms with Gasteiger partial charge in [-0.15, -0.1) is 0 Å². The van der Waals surface area contributed by atoms with Crippen LogP contribution in [0.25, 0.3) is 11.1 Å². The van der Waals surface area contributed by atoms with Crippen LogP contribution in [0.2, 0.25) is 0 Å². The number of fused-ring (bicyclic) bond motifs is 1. The Bertz CT molecular complexity index is 727. The first kappa shape index (κ1) is 12.2. The van der Waals surface area contributed by atoms with E-state index in [9.17, 15) is 5.11 Å². The van der Waals surface area contributed by atoms with E-state index >= 15 is 0 Å². The minimum Gasteiger partial charge on any atom is -0.508 e. The van der Waals surface area contributed by atoms with Gasteiger partial charge in [0.1, 0.15) is 11.3 Å². The van der Waals surface area contributed by atoms with Crippen LogP contribution in [0.5, 0.6) is 5.75 Å². The number of benzene rings is 2. The van der Waals surface area contributed by atoms with Gasteiger partial charge >= 0.3 is 6.01 Å². The number of phenolic OH excluding ortho intramolecular Hbond substituents is 1. The lowest BCUT2D eigenvalue weighted by Crippen LogP contribution is -1.99. The molecule has 20 heavy (non-hydrogen) atoms. The maximum Gasteiger partial charge on any atom is 0.316 e. The molecular weight excluding hydrogens is 254 g/mol. The number of hydrogen-bond acceptors (Lipinski definition) is 5. The van der Waals surface area contributed by atoms with Crippen LogP contribution in [-0.4, -0.2) is 15.8 Å². The zero-order valence-electron chi connectivity index (χ0n) is 10.9. The highest BCUT2D eigenvalue weighted by Gasteiger charge is 2.04. The Morgan fingerprint density at radius 2 is 1.90 bits per heavy atom. The van der Waals surface area contributed by atoms with Crippen molar-refractivity contribution in [2.45, 2.75) is 6.92 Å². The maximum absolute atomic E-state index is 9.25. The second-order valence-electron chi connectivity index (χ2n) is 4.34. The number of aromatic nitrogens is 1. The van der Waals surface area contributed by atoms with E-state index in [0.717, 1.165) is 16.8 Å². The van der Waals surface area contributed by atoms with E-state index in [1.807, 2.05) is 31.2 Å². The predicted octanol–water partition coefficient (Wildman–Crippen LogP) is 3.37. The molecule has 3 rings (SSSR count). The number of oxazole rings is 1. The number of phenols is 1. The standard InChI is InChI=1S/C15H13N3O2/c1-10(11-6-8-12(19)9-7-11)17-18-15-16-13-4-2-3-5-14(13)20-15/h2-9,19H,1H3,(H,16,18)/b17-10-. The number of anilines is 1. The summed E-state index contributed by atoms with van der Waals surface area (Å²) in [5, 5.41) is 13.5. The SMILES string of the molecule is C/C(=N/Nc1nc2ccccc2o1)c1ccc(O)cc1. The molecule has 0 aliphatic heterocycles. The smallest absolute Gasteiger partial charge is 0.316 e. The van der Waals surface area contributed by atoms with E-state index in [0.29, 0.717) is 11.6 Å². The molecule has 0 saturated carbocycles. The molecule has 2 aromatic carbocycles. The Morgan fingerprint density at radius 3 is 2.65 bits per heavy atom. The van der Waals surface area contributed by atoms with Gasteiger partial charge in [-0.05, 0) is 48.9 Å². The van der Waals surface area contributed by atoms with Gasteiger partial charge in [-0.3, -0.25) is 0 Å². The first-order valence-electron chi connectivity index (χ1n) is 6.17. The van der Waals surface area contributed by atoms with Crippen LogP contribution in [0.4, 0.5) is 6.01 Å². The highest BCUT2D eigenvalue weighted by molar-refractivity contribution is 5.99. The van der Waals surface area contributed by atoms with E-state index in [1.54, 1.807) is 24.3 Å². The van der Waals surface area contributed by atoms with Gasteiger partial charge in [0.15, 0.2) is 5.58 Å². The average molecular weight is 267 g/mol. The monoisotopic (exact) mass is 267 g/mol. The zero-order valence-corrected chi connectivity index (χ0v) is 10.9. The quantitative estimate of drug-likeness (QED) is 0.564. The Balaban J connectivity index is 1.80. The molecule has 5 heteroatoms. The molecule has 1 aromatic heterocycles. The Labute approximate surface area is 115 Å². The predicted molar refractivity (Wildman–Crippen MR) is 77.9 cm³/mol. The normalized spacial score (nSPS) is 11.8. The van der Waals surface area contributed by atoms with Gasteiger partial charge in [-0.1, -0.05) is 12.1 Å². The van der Waals surface area contributed by atoms with Crippen molar-refractivity contribution in [3.63, 3.8) is 0 Å². The van der Waals surface area contributed by atoms with Crippen LogP contribution in [0.1, 0.15) is 12.5 Å². The Morgan fingerprint density at radius 1 is 1.15 bits per heavy atom. The van der Waals surface area contributed by atoms with E-state index in [1.165, 1.54) is 0 Å². The molecule has 1 heterocycles. The molecule has 0 amide bonds. The van der Waals surface area contributed by atoms with Gasteiger partial charge in [0.25, 0.3) is 0 Å². The fourth-order valence-corrected chi connectivity index (χ4v) is 1.82. The molecule has 0 aliphatic rings. The van der Waals surface area contributed by atoms with Gasteiger partial charge in [-0.25, -0.2) is 5.43 Å². The minimum atomic E-state index is 0.230. The van der Waals surface area contributed by atoms with Gasteiger partial charge < -0.3 is 9.52 Å². The summed E-state index contributed by atoms with van der Waals surface area (Å²) in [7, 11) is 0. The Hall–Kier alpha value is -2.82. The molecular formula is C15H13N3O2. The lowest BCUT2D eigenvalue weighted by molar-refractivity contribution is 0.475. The van der Waals surface area contributed by atoms with Crippen LogP contribution in [0, 0.1) is 0 Å². The third kappa shape index (κ3) is 2.47. The average Bonchev–Trinajstić information content (AvgIpc) is 2.88. The van der Waals surface area contributed by atoms with E-state index < -0.39 is 0 Å². The molecule has 3 aromatic rings. The van der Waals surface area contributed by atoms with Crippen molar-refractivity contribution in [2.24, 2.45) is 5.10 Å². The third-order valence-electron chi connectivity index (χ3n) is 2.90. The Kier molecular flexibility index (Phi) is 3.09. The van der Waals surface area contributed by atoms with Crippen LogP contribution >= 0.6 is 0 Å². The van der Waals surface area contributed by atoms with Gasteiger partial charge in [0.2, 0.25) is 0 Å². The number of rotatable bonds is 3. The first-order valence-corrected chi connectivity index (χ1v) is 6.17. The van der Waals surface area contributed by atoms with Crippen molar-refractivity contribution in [3.8, 4) is 5.75 Å². The minimum absolute atomic E-state index is 0.230. The van der Waals surface area contributed by atoms with Gasteiger partial charge in [0, 0.05) is 0 Å². The molecule has 0 aliphatic carbocycles. The largest absolute Gasteiger partial charge is 0.508 e. The molecule has 0 bridgehead atoms. The summed E-state index contributed by atoms with van der Waals surface area (Å²) in [6, 6.07) is 14.7. The lowest BCUT2D eigenvalue weighted by atomic mass is 10.1. The number of aromatic hydroxyl groups is 1. The second-order valence-corrected chi connectivity index (χ2v) is 4.34. The van der Waals surface area contributed by atoms with E-state index in [-0.39, 0.29) is 5.75 Å². The molecule has 2 N–H and O–H groups in total. The van der Waals surface area contributed by atoms with Gasteiger partial charge in [0.05, 0.1) is 5.71 Å². The molecule has 5 nitrogen and oxygen atoms in total. The third-order valence-corrected chi connectivity index (χ3v) is 2.90. The van der Waals surface area contributed by atoms with Crippen LogP contribution < -0.4 is 5.43 Å². The molecule has 0 fully saturated rings. The van der Waals surface area contributed by atoms with Crippen LogP contribution in [0.15, 0.2) is 58.0 Å².